The van der Waals surface area contributed by atoms with Crippen LogP contribution in [0.1, 0.15) is 25.7 Å². The van der Waals surface area contributed by atoms with Gasteiger partial charge in [0.1, 0.15) is 0 Å². The summed E-state index contributed by atoms with van der Waals surface area (Å²) in [6.07, 6.45) is 14.0. The van der Waals surface area contributed by atoms with E-state index in [4.69, 9.17) is 0 Å². The molecule has 0 fully saturated rings. The molecule has 0 nitrogen and oxygen atoms in total. The van der Waals surface area contributed by atoms with E-state index < -0.39 is 0 Å². The highest BCUT2D eigenvalue weighted by molar-refractivity contribution is 5.76. The lowest BCUT2D eigenvalue weighted by Gasteiger charge is -2.27. The molecule has 0 saturated carbocycles. The Labute approximate surface area is 107 Å². The summed E-state index contributed by atoms with van der Waals surface area (Å²) in [5, 5.41) is 2.87. The highest BCUT2D eigenvalue weighted by Crippen LogP contribution is 2.38. The smallest absolute Gasteiger partial charge is 0.00822 e. The standard InChI is InChI=1S/C18H16/c1-3-7-15-13(5-1)9-11-18-16-8-4-2-6-14(16)10-12-17(15)18/h1-5,7,9-10H,6,8,11-12H2. The molecule has 0 N–H and O–H groups in total. The van der Waals surface area contributed by atoms with Crippen LogP contribution >= 0.6 is 0 Å². The lowest BCUT2D eigenvalue weighted by Crippen LogP contribution is -2.31. The second kappa shape index (κ2) is 3.84. The van der Waals surface area contributed by atoms with Crippen LogP contribution < -0.4 is 10.4 Å². The minimum absolute atomic E-state index is 1.12. The van der Waals surface area contributed by atoms with Gasteiger partial charge in [-0.2, -0.15) is 0 Å². The maximum atomic E-state index is 2.44. The normalized spacial score (nSPS) is 20.7. The predicted octanol–water partition coefficient (Wildman–Crippen LogP) is 3.00. The Bertz CT molecular complexity index is 724. The van der Waals surface area contributed by atoms with Crippen LogP contribution in [0.2, 0.25) is 0 Å². The van der Waals surface area contributed by atoms with E-state index in [2.05, 4.69) is 48.6 Å². The van der Waals surface area contributed by atoms with Crippen LogP contribution in [-0.2, 0) is 0 Å². The number of benzene rings is 1. The summed E-state index contributed by atoms with van der Waals surface area (Å²) in [6, 6.07) is 8.82. The zero-order valence-electron chi connectivity index (χ0n) is 10.4. The first-order valence-electron chi connectivity index (χ1n) is 6.79. The van der Waals surface area contributed by atoms with Crippen LogP contribution in [0, 0.1) is 0 Å². The predicted molar refractivity (Wildman–Crippen MR) is 76.3 cm³/mol. The van der Waals surface area contributed by atoms with Crippen LogP contribution in [0.4, 0.5) is 0 Å². The second-order valence-electron chi connectivity index (χ2n) is 5.24. The lowest BCUT2D eigenvalue weighted by molar-refractivity contribution is 0.999. The molecule has 0 bridgehead atoms. The molecule has 1 aromatic rings. The third-order valence-electron chi connectivity index (χ3n) is 4.31. The van der Waals surface area contributed by atoms with E-state index in [0.29, 0.717) is 0 Å². The molecule has 4 rings (SSSR count). The Balaban J connectivity index is 2.03. The molecule has 18 heavy (non-hydrogen) atoms. The van der Waals surface area contributed by atoms with Crippen molar-refractivity contribution < 1.29 is 0 Å². The number of allylic oxidation sites excluding steroid dienone is 6. The topological polar surface area (TPSA) is 0 Å². The fourth-order valence-corrected chi connectivity index (χ4v) is 3.40. The van der Waals surface area contributed by atoms with Gasteiger partial charge in [0.2, 0.25) is 0 Å². The van der Waals surface area contributed by atoms with Crippen molar-refractivity contribution in [3.63, 3.8) is 0 Å². The highest BCUT2D eigenvalue weighted by atomic mass is 14.3. The fourth-order valence-electron chi connectivity index (χ4n) is 3.40. The minimum atomic E-state index is 1.12. The number of hydrogen-bond acceptors (Lipinski definition) is 0. The Morgan fingerprint density at radius 3 is 2.50 bits per heavy atom. The molecule has 3 aliphatic carbocycles. The van der Waals surface area contributed by atoms with Crippen LogP contribution in [0.15, 0.2) is 59.2 Å². The summed E-state index contributed by atoms with van der Waals surface area (Å²) in [7, 11) is 0. The quantitative estimate of drug-likeness (QED) is 0.603. The first-order valence-corrected chi connectivity index (χ1v) is 6.79. The molecule has 0 aromatic heterocycles. The average Bonchev–Trinajstić information content (AvgIpc) is 2.46. The van der Waals surface area contributed by atoms with E-state index in [1.807, 2.05) is 0 Å². The molecule has 0 heterocycles. The SMILES string of the molecule is C1=CCC2=C3CC=c4ccccc4=C3CC=C2C1. The van der Waals surface area contributed by atoms with Gasteiger partial charge in [-0.25, -0.2) is 0 Å². The van der Waals surface area contributed by atoms with Crippen molar-refractivity contribution in [1.29, 1.82) is 0 Å². The van der Waals surface area contributed by atoms with E-state index in [0.717, 1.165) is 25.7 Å². The van der Waals surface area contributed by atoms with Gasteiger partial charge in [-0.05, 0) is 58.4 Å². The first-order chi connectivity index (χ1) is 8.93. The van der Waals surface area contributed by atoms with E-state index in [1.54, 1.807) is 22.3 Å². The number of rotatable bonds is 0. The van der Waals surface area contributed by atoms with Crippen molar-refractivity contribution >= 4 is 11.6 Å². The zero-order valence-corrected chi connectivity index (χ0v) is 10.4. The average molecular weight is 232 g/mol. The molecule has 0 heteroatoms. The van der Waals surface area contributed by atoms with Crippen molar-refractivity contribution in [2.24, 2.45) is 0 Å². The second-order valence-corrected chi connectivity index (χ2v) is 5.24. The van der Waals surface area contributed by atoms with Gasteiger partial charge < -0.3 is 0 Å². The van der Waals surface area contributed by atoms with E-state index in [-0.39, 0.29) is 0 Å². The molecular weight excluding hydrogens is 216 g/mol. The summed E-state index contributed by atoms with van der Waals surface area (Å²) in [5.74, 6) is 0. The summed E-state index contributed by atoms with van der Waals surface area (Å²) in [5.41, 5.74) is 6.35. The van der Waals surface area contributed by atoms with Gasteiger partial charge in [0.25, 0.3) is 0 Å². The maximum Gasteiger partial charge on any atom is -0.00822 e. The molecule has 88 valence electrons. The van der Waals surface area contributed by atoms with E-state index in [9.17, 15) is 0 Å². The third-order valence-corrected chi connectivity index (χ3v) is 4.31. The van der Waals surface area contributed by atoms with Crippen LogP contribution in [0.3, 0.4) is 0 Å². The summed E-state index contributed by atoms with van der Waals surface area (Å²) >= 11 is 0. The molecule has 0 radical (unpaired) electrons. The van der Waals surface area contributed by atoms with Gasteiger partial charge >= 0.3 is 0 Å². The molecule has 0 atom stereocenters. The minimum Gasteiger partial charge on any atom is -0.0838 e. The van der Waals surface area contributed by atoms with Crippen LogP contribution in [0.25, 0.3) is 11.6 Å². The highest BCUT2D eigenvalue weighted by Gasteiger charge is 2.21. The van der Waals surface area contributed by atoms with Crippen molar-refractivity contribution in [3.05, 3.63) is 69.7 Å². The molecule has 0 amide bonds. The van der Waals surface area contributed by atoms with E-state index in [1.165, 1.54) is 10.4 Å². The monoisotopic (exact) mass is 232 g/mol. The van der Waals surface area contributed by atoms with Crippen LogP contribution in [0.5, 0.6) is 0 Å². The summed E-state index contributed by atoms with van der Waals surface area (Å²) in [4.78, 5) is 0. The summed E-state index contributed by atoms with van der Waals surface area (Å²) < 4.78 is 0. The van der Waals surface area contributed by atoms with Crippen molar-refractivity contribution in [2.75, 3.05) is 0 Å². The van der Waals surface area contributed by atoms with Gasteiger partial charge in [-0.15, -0.1) is 0 Å². The molecule has 3 aliphatic rings. The Morgan fingerprint density at radius 1 is 0.667 bits per heavy atom. The number of fused-ring (bicyclic) bond motifs is 3. The molecule has 1 aromatic carbocycles. The van der Waals surface area contributed by atoms with Crippen LogP contribution in [-0.4, -0.2) is 0 Å². The van der Waals surface area contributed by atoms with Crippen molar-refractivity contribution in [3.8, 4) is 0 Å². The van der Waals surface area contributed by atoms with Gasteiger partial charge in [0, 0.05) is 0 Å². The van der Waals surface area contributed by atoms with Crippen molar-refractivity contribution in [1.82, 2.24) is 0 Å². The molecular formula is C18H16. The Hall–Kier alpha value is -1.82. The fraction of sp³-hybridized carbons (Fsp3) is 0.222. The molecule has 0 saturated heterocycles. The molecule has 0 spiro atoms. The van der Waals surface area contributed by atoms with Gasteiger partial charge in [0.15, 0.2) is 0 Å². The Kier molecular flexibility index (Phi) is 2.16. The van der Waals surface area contributed by atoms with Gasteiger partial charge in [-0.3, -0.25) is 0 Å². The number of hydrogen-bond donors (Lipinski definition) is 0. The van der Waals surface area contributed by atoms with E-state index >= 15 is 0 Å². The third kappa shape index (κ3) is 1.38. The van der Waals surface area contributed by atoms with Gasteiger partial charge in [0.05, 0.1) is 0 Å². The first kappa shape index (κ1) is 10.1. The zero-order chi connectivity index (χ0) is 11.9. The van der Waals surface area contributed by atoms with Crippen molar-refractivity contribution in [2.45, 2.75) is 25.7 Å². The molecule has 0 unspecified atom stereocenters. The summed E-state index contributed by atoms with van der Waals surface area (Å²) in [6.45, 7) is 0. The largest absolute Gasteiger partial charge is 0.0838 e. The Morgan fingerprint density at radius 2 is 1.50 bits per heavy atom. The maximum absolute atomic E-state index is 2.44. The molecule has 0 aliphatic heterocycles. The lowest BCUT2D eigenvalue weighted by atomic mass is 9.78. The van der Waals surface area contributed by atoms with Gasteiger partial charge in [-0.1, -0.05) is 48.6 Å².